The largest absolute Gasteiger partial charge is 2.00 e. The first-order valence-electron chi connectivity index (χ1n) is 14.3. The van der Waals surface area contributed by atoms with Crippen molar-refractivity contribution in [3.8, 4) is 11.5 Å². The summed E-state index contributed by atoms with van der Waals surface area (Å²) in [6, 6.07) is 25.5. The molecule has 6 aromatic rings. The SMILES string of the molecule is Cc1cc(N=Nc2c(O)ccc3ccccc23)c(S(=O)(=O)O)cc1Cl.Cc1cc(N=Nc2c([O-])ccc3ccccc23)c(S(=O)(=O)[O-])cc1Cl.[Sr+2]. The molecule has 0 aliphatic carbocycles. The van der Waals surface area contributed by atoms with Gasteiger partial charge in [-0.2, -0.15) is 13.5 Å². The van der Waals surface area contributed by atoms with Crippen molar-refractivity contribution in [2.24, 2.45) is 20.5 Å². The van der Waals surface area contributed by atoms with Crippen LogP contribution in [-0.4, -0.2) is 76.5 Å². The zero-order chi connectivity index (χ0) is 36.4. The van der Waals surface area contributed by atoms with Gasteiger partial charge in [-0.25, -0.2) is 8.42 Å². The van der Waals surface area contributed by atoms with Crippen LogP contribution in [0, 0.1) is 13.8 Å². The van der Waals surface area contributed by atoms with Gasteiger partial charge in [-0.3, -0.25) is 4.55 Å². The molecule has 2 N–H and O–H groups in total. The Bertz CT molecular complexity index is 2410. The molecule has 0 spiro atoms. The summed E-state index contributed by atoms with van der Waals surface area (Å²) in [5.41, 5.74) is 1.14. The van der Waals surface area contributed by atoms with Crippen LogP contribution in [0.5, 0.6) is 11.5 Å². The third-order valence-electron chi connectivity index (χ3n) is 7.29. The maximum atomic E-state index is 12.1. The molecule has 0 radical (unpaired) electrons. The maximum Gasteiger partial charge on any atom is 2.00 e. The fourth-order valence-electron chi connectivity index (χ4n) is 4.75. The Morgan fingerprint density at radius 2 is 1.08 bits per heavy atom. The number of phenolic OH excluding ortho intramolecular Hbond substituents is 1. The summed E-state index contributed by atoms with van der Waals surface area (Å²) in [6.45, 7) is 3.31. The van der Waals surface area contributed by atoms with E-state index in [9.17, 15) is 36.2 Å². The molecule has 0 aliphatic heterocycles. The van der Waals surface area contributed by atoms with Crippen molar-refractivity contribution in [1.82, 2.24) is 0 Å². The summed E-state index contributed by atoms with van der Waals surface area (Å²) in [6.07, 6.45) is 0. The van der Waals surface area contributed by atoms with Crippen molar-refractivity contribution >= 4 is 133 Å². The molecule has 0 heterocycles. The van der Waals surface area contributed by atoms with Crippen LogP contribution in [0.3, 0.4) is 0 Å². The van der Waals surface area contributed by atoms with Gasteiger partial charge in [0, 0.05) is 20.8 Å². The van der Waals surface area contributed by atoms with Gasteiger partial charge in [0.05, 0.1) is 10.6 Å². The molecular formula is C34H24Cl2N4O8S2Sr. The van der Waals surface area contributed by atoms with E-state index in [0.717, 1.165) is 22.9 Å². The minimum absolute atomic E-state index is 0. The van der Waals surface area contributed by atoms with E-state index < -0.39 is 30.0 Å². The van der Waals surface area contributed by atoms with Crippen LogP contribution >= 0.6 is 23.2 Å². The number of fused-ring (bicyclic) bond motifs is 2. The molecule has 0 amide bonds. The molecule has 0 atom stereocenters. The Balaban J connectivity index is 0.000000224. The fraction of sp³-hybridized carbons (Fsp3) is 0.0588. The molecule has 0 saturated heterocycles. The van der Waals surface area contributed by atoms with Gasteiger partial charge in [-0.1, -0.05) is 95.7 Å². The summed E-state index contributed by atoms with van der Waals surface area (Å²) in [5.74, 6) is -0.457. The Labute approximate surface area is 339 Å². The van der Waals surface area contributed by atoms with E-state index in [-0.39, 0.29) is 89.8 Å². The van der Waals surface area contributed by atoms with Crippen LogP contribution in [0.2, 0.25) is 10.0 Å². The Hall–Kier alpha value is -3.48. The number of azo groups is 2. The second kappa shape index (κ2) is 16.5. The molecule has 6 rings (SSSR count). The van der Waals surface area contributed by atoms with Gasteiger partial charge in [0.2, 0.25) is 0 Å². The van der Waals surface area contributed by atoms with Crippen LogP contribution in [0.1, 0.15) is 11.1 Å². The van der Waals surface area contributed by atoms with Gasteiger partial charge in [0.1, 0.15) is 37.8 Å². The van der Waals surface area contributed by atoms with Crippen LogP contribution in [0.25, 0.3) is 21.5 Å². The Kier molecular flexibility index (Phi) is 13.0. The van der Waals surface area contributed by atoms with Crippen LogP contribution in [0.4, 0.5) is 22.7 Å². The van der Waals surface area contributed by atoms with Crippen LogP contribution in [-0.2, 0) is 20.2 Å². The first-order valence-corrected chi connectivity index (χ1v) is 17.9. The smallest absolute Gasteiger partial charge is 0.871 e. The molecule has 0 saturated carbocycles. The molecule has 0 fully saturated rings. The summed E-state index contributed by atoms with van der Waals surface area (Å²) in [7, 11) is -9.33. The van der Waals surface area contributed by atoms with E-state index in [1.54, 1.807) is 50.2 Å². The second-order valence-corrected chi connectivity index (χ2v) is 14.3. The first kappa shape index (κ1) is 40.3. The summed E-state index contributed by atoms with van der Waals surface area (Å²) in [4.78, 5) is -1.04. The zero-order valence-corrected chi connectivity index (χ0v) is 33.3. The van der Waals surface area contributed by atoms with Crippen molar-refractivity contribution in [3.63, 3.8) is 0 Å². The minimum atomic E-state index is -4.80. The van der Waals surface area contributed by atoms with Crippen molar-refractivity contribution in [1.29, 1.82) is 0 Å². The van der Waals surface area contributed by atoms with E-state index in [0.29, 0.717) is 21.9 Å². The van der Waals surface area contributed by atoms with Gasteiger partial charge in [-0.15, -0.1) is 15.3 Å². The Morgan fingerprint density at radius 1 is 0.627 bits per heavy atom. The molecule has 0 unspecified atom stereocenters. The number of hydrogen-bond acceptors (Lipinski definition) is 11. The van der Waals surface area contributed by atoms with E-state index in [4.69, 9.17) is 23.2 Å². The van der Waals surface area contributed by atoms with Crippen molar-refractivity contribution < 1.29 is 36.2 Å². The molecular weight excluding hydrogens is 815 g/mol. The average molecular weight is 839 g/mol. The third kappa shape index (κ3) is 9.50. The number of benzene rings is 6. The van der Waals surface area contributed by atoms with E-state index in [1.165, 1.54) is 24.3 Å². The fourth-order valence-corrected chi connectivity index (χ4v) is 6.46. The molecule has 17 heteroatoms. The first-order chi connectivity index (χ1) is 23.5. The number of hydrogen-bond donors (Lipinski definition) is 2. The maximum absolute atomic E-state index is 12.1. The second-order valence-electron chi connectivity index (χ2n) is 10.8. The van der Waals surface area contributed by atoms with Crippen molar-refractivity contribution in [2.75, 3.05) is 0 Å². The van der Waals surface area contributed by atoms with Crippen LogP contribution in [0.15, 0.2) is 127 Å². The van der Waals surface area contributed by atoms with Gasteiger partial charge in [0.25, 0.3) is 10.1 Å². The summed E-state index contributed by atoms with van der Waals surface area (Å²) in [5, 5.41) is 41.0. The zero-order valence-electron chi connectivity index (χ0n) is 26.6. The minimum Gasteiger partial charge on any atom is -0.871 e. The summed E-state index contributed by atoms with van der Waals surface area (Å²) >= 11 is 11.8. The average Bonchev–Trinajstić information content (AvgIpc) is 3.06. The number of nitrogens with zero attached hydrogens (tertiary/aromatic N) is 4. The number of phenols is 1. The number of aromatic hydroxyl groups is 1. The molecule has 51 heavy (non-hydrogen) atoms. The molecule has 0 bridgehead atoms. The third-order valence-corrected chi connectivity index (χ3v) is 9.85. The quantitative estimate of drug-likeness (QED) is 0.0939. The number of rotatable bonds is 6. The van der Waals surface area contributed by atoms with Gasteiger partial charge >= 0.3 is 45.5 Å². The van der Waals surface area contributed by atoms with Gasteiger partial charge in [-0.05, 0) is 66.1 Å². The van der Waals surface area contributed by atoms with Gasteiger partial charge in [0.15, 0.2) is 0 Å². The predicted molar refractivity (Wildman–Crippen MR) is 193 cm³/mol. The summed E-state index contributed by atoms with van der Waals surface area (Å²) < 4.78 is 66.8. The van der Waals surface area contributed by atoms with E-state index >= 15 is 0 Å². The standard InChI is InChI=1S/2C17H13ClN2O4S.Sr/c2*1-10-8-14(16(9-13(10)18)25(22,23)24)19-20-17-12-5-3-2-4-11(12)6-7-15(17)21;/h2*2-9,21H,1H3,(H,22,23,24);/q;;+2/p-2. The van der Waals surface area contributed by atoms with Crippen molar-refractivity contribution in [3.05, 3.63) is 118 Å². The van der Waals surface area contributed by atoms with Crippen LogP contribution < -0.4 is 5.11 Å². The number of halogens is 2. The molecule has 0 aliphatic rings. The van der Waals surface area contributed by atoms with E-state index in [2.05, 4.69) is 20.5 Å². The molecule has 6 aromatic carbocycles. The van der Waals surface area contributed by atoms with Crippen molar-refractivity contribution in [2.45, 2.75) is 23.6 Å². The molecule has 0 aromatic heterocycles. The number of aryl methyl sites for hydroxylation is 2. The van der Waals surface area contributed by atoms with E-state index in [1.807, 2.05) is 24.3 Å². The Morgan fingerprint density at radius 3 is 1.61 bits per heavy atom. The predicted octanol–water partition coefficient (Wildman–Crippen LogP) is 8.98. The molecule has 12 nitrogen and oxygen atoms in total. The monoisotopic (exact) mass is 838 g/mol. The topological polar surface area (TPSA) is 204 Å². The molecule has 256 valence electrons. The normalized spacial score (nSPS) is 11.9. The van der Waals surface area contributed by atoms with Gasteiger partial charge < -0.3 is 14.8 Å².